The maximum Gasteiger partial charge on any atom is 0.303 e. The lowest BCUT2D eigenvalue weighted by atomic mass is 9.94. The van der Waals surface area contributed by atoms with Gasteiger partial charge >= 0.3 is 10.2 Å². The van der Waals surface area contributed by atoms with E-state index in [-0.39, 0.29) is 18.1 Å². The molecule has 1 N–H and O–H groups in total. The van der Waals surface area contributed by atoms with Crippen LogP contribution >= 0.6 is 24.0 Å². The molecule has 0 bridgehead atoms. The number of hydrogen-bond donors (Lipinski definition) is 2. The van der Waals surface area contributed by atoms with Gasteiger partial charge in [-0.05, 0) is 55.9 Å². The quantitative estimate of drug-likeness (QED) is 0.339. The van der Waals surface area contributed by atoms with Crippen LogP contribution in [0.4, 0.5) is 0 Å². The third-order valence-corrected chi connectivity index (χ3v) is 9.35. The van der Waals surface area contributed by atoms with Crippen LogP contribution in [-0.2, 0) is 33.4 Å². The number of carbonyl (C=O) groups is 2. The minimum atomic E-state index is -3.94. The largest absolute Gasteiger partial charge is 0.335 e. The van der Waals surface area contributed by atoms with Gasteiger partial charge in [0.15, 0.2) is 0 Å². The molecule has 1 aliphatic carbocycles. The van der Waals surface area contributed by atoms with E-state index in [1.807, 2.05) is 52.1 Å². The first-order valence-electron chi connectivity index (χ1n) is 12.4. The zero-order valence-electron chi connectivity index (χ0n) is 21.7. The highest BCUT2D eigenvalue weighted by atomic mass is 32.2. The van der Waals surface area contributed by atoms with Crippen LogP contribution in [0.2, 0.25) is 0 Å². The normalized spacial score (nSPS) is 14.3. The van der Waals surface area contributed by atoms with Gasteiger partial charge in [-0.2, -0.15) is 12.7 Å². The van der Waals surface area contributed by atoms with E-state index in [9.17, 15) is 18.0 Å². The average molecular weight is 573 g/mol. The van der Waals surface area contributed by atoms with Gasteiger partial charge in [0.1, 0.15) is 10.7 Å². The highest BCUT2D eigenvalue weighted by molar-refractivity contribution is 7.87. The lowest BCUT2D eigenvalue weighted by molar-refractivity contribution is -0.134. The predicted octanol–water partition coefficient (Wildman–Crippen LogP) is 3.97. The highest BCUT2D eigenvalue weighted by Gasteiger charge is 2.53. The Balaban J connectivity index is 1.55. The first-order chi connectivity index (χ1) is 18.0. The third kappa shape index (κ3) is 6.45. The summed E-state index contributed by atoms with van der Waals surface area (Å²) in [6.07, 6.45) is 3.17. The molecule has 2 aromatic carbocycles. The van der Waals surface area contributed by atoms with Crippen molar-refractivity contribution in [3.8, 4) is 0 Å². The Morgan fingerprint density at radius 1 is 1.08 bits per heavy atom. The number of thiol groups is 1. The summed E-state index contributed by atoms with van der Waals surface area (Å²) >= 11 is 5.67. The molecule has 4 rings (SSSR count). The van der Waals surface area contributed by atoms with E-state index in [0.29, 0.717) is 16.4 Å². The molecule has 0 saturated heterocycles. The third-order valence-electron chi connectivity index (χ3n) is 6.69. The first kappa shape index (κ1) is 28.3. The van der Waals surface area contributed by atoms with Crippen molar-refractivity contribution in [1.29, 1.82) is 0 Å². The zero-order valence-corrected chi connectivity index (χ0v) is 24.2. The summed E-state index contributed by atoms with van der Waals surface area (Å²) in [7, 11) is -1.27. The van der Waals surface area contributed by atoms with Crippen molar-refractivity contribution in [3.05, 3.63) is 81.3 Å². The van der Waals surface area contributed by atoms with Crippen LogP contribution in [0.5, 0.6) is 0 Å². The molecule has 8 nitrogen and oxygen atoms in total. The molecule has 11 heteroatoms. The fourth-order valence-corrected chi connectivity index (χ4v) is 5.96. The topological polar surface area (TPSA) is 99.7 Å². The van der Waals surface area contributed by atoms with Gasteiger partial charge in [0.05, 0.1) is 12.0 Å². The van der Waals surface area contributed by atoms with Gasteiger partial charge in [0.25, 0.3) is 5.91 Å². The fraction of sp³-hybridized carbons (Fsp3) is 0.370. The van der Waals surface area contributed by atoms with Crippen LogP contribution in [0, 0.1) is 6.92 Å². The average Bonchev–Trinajstić information content (AvgIpc) is 3.60. The van der Waals surface area contributed by atoms with Crippen molar-refractivity contribution in [3.63, 3.8) is 0 Å². The van der Waals surface area contributed by atoms with Gasteiger partial charge in [0, 0.05) is 30.4 Å². The molecule has 1 heterocycles. The number of nitrogens with one attached hydrogen (secondary N) is 1. The van der Waals surface area contributed by atoms with Crippen LogP contribution in [0.25, 0.3) is 0 Å². The number of hydrogen-bond acceptors (Lipinski definition) is 7. The number of nitrogens with zero attached hydrogens (tertiary/aromatic N) is 3. The second kappa shape index (κ2) is 11.6. The van der Waals surface area contributed by atoms with Crippen molar-refractivity contribution in [2.45, 2.75) is 49.5 Å². The van der Waals surface area contributed by atoms with E-state index in [1.165, 1.54) is 31.0 Å². The van der Waals surface area contributed by atoms with Crippen molar-refractivity contribution in [1.82, 2.24) is 18.9 Å². The van der Waals surface area contributed by atoms with Crippen molar-refractivity contribution >= 4 is 46.0 Å². The molecule has 0 unspecified atom stereocenters. The van der Waals surface area contributed by atoms with Gasteiger partial charge in [0.2, 0.25) is 5.91 Å². The molecule has 1 aromatic heterocycles. The van der Waals surface area contributed by atoms with Gasteiger partial charge in [-0.3, -0.25) is 9.59 Å². The summed E-state index contributed by atoms with van der Waals surface area (Å²) in [6, 6.07) is 17.9. The van der Waals surface area contributed by atoms with Crippen molar-refractivity contribution in [2.75, 3.05) is 20.6 Å². The molecule has 1 fully saturated rings. The lowest BCUT2D eigenvalue weighted by Gasteiger charge is -2.27. The Morgan fingerprint density at radius 3 is 2.34 bits per heavy atom. The van der Waals surface area contributed by atoms with E-state index >= 15 is 0 Å². The van der Waals surface area contributed by atoms with E-state index in [1.54, 1.807) is 6.92 Å². The Labute approximate surface area is 233 Å². The summed E-state index contributed by atoms with van der Waals surface area (Å²) in [6.45, 7) is 2.51. The predicted molar refractivity (Wildman–Crippen MR) is 152 cm³/mol. The zero-order chi connectivity index (χ0) is 27.5. The maximum atomic E-state index is 14.0. The molecule has 0 aliphatic heterocycles. The van der Waals surface area contributed by atoms with Crippen LogP contribution in [0.1, 0.15) is 50.8 Å². The molecule has 2 amide bonds. The molecule has 3 aromatic rings. The fourth-order valence-electron chi connectivity index (χ4n) is 4.35. The smallest absolute Gasteiger partial charge is 0.303 e. The number of carbonyl (C=O) groups excluding carboxylic acids is 2. The van der Waals surface area contributed by atoms with Crippen LogP contribution in [0.3, 0.4) is 0 Å². The standard InChI is InChI=1S/C27H32N4O4S3/c1-19-24(25(32)29-38(34,35)30(2)3)28-23(37-19)18-31(17-7-10-20-8-5-4-6-9-20)26(33)27(15-16-27)21-11-13-22(36)14-12-21/h4-6,8-9,11-14,36H,7,10,15-18H2,1-3H3,(H,29,32). The van der Waals surface area contributed by atoms with Crippen LogP contribution in [-0.4, -0.2) is 55.1 Å². The molecule has 38 heavy (non-hydrogen) atoms. The number of amides is 2. The van der Waals surface area contributed by atoms with Gasteiger partial charge < -0.3 is 4.90 Å². The SMILES string of the molecule is Cc1sc(CN(CCCc2ccccc2)C(=O)C2(c3ccc(S)cc3)CC2)nc1C(=O)NS(=O)(=O)N(C)C. The minimum absolute atomic E-state index is 0.0477. The molecular weight excluding hydrogens is 541 g/mol. The van der Waals surface area contributed by atoms with Crippen LogP contribution < -0.4 is 4.72 Å². The molecular formula is C27H32N4O4S3. The van der Waals surface area contributed by atoms with Crippen LogP contribution in [0.15, 0.2) is 59.5 Å². The van der Waals surface area contributed by atoms with E-state index in [2.05, 4.69) is 29.7 Å². The van der Waals surface area contributed by atoms with Gasteiger partial charge in [-0.15, -0.1) is 24.0 Å². The summed E-state index contributed by atoms with van der Waals surface area (Å²) in [5, 5.41) is 0.587. The van der Waals surface area contributed by atoms with Gasteiger partial charge in [-0.25, -0.2) is 9.71 Å². The number of benzene rings is 2. The number of rotatable bonds is 11. The Morgan fingerprint density at radius 2 is 1.74 bits per heavy atom. The Kier molecular flexibility index (Phi) is 8.61. The summed E-state index contributed by atoms with van der Waals surface area (Å²) in [4.78, 5) is 34.4. The number of aromatic nitrogens is 1. The molecule has 1 aliphatic rings. The Hall–Kier alpha value is -2.73. The first-order valence-corrected chi connectivity index (χ1v) is 15.1. The van der Waals surface area contributed by atoms with Crippen molar-refractivity contribution < 1.29 is 18.0 Å². The maximum absolute atomic E-state index is 14.0. The minimum Gasteiger partial charge on any atom is -0.335 e. The molecule has 0 atom stereocenters. The molecule has 1 saturated carbocycles. The molecule has 202 valence electrons. The number of thiazole rings is 1. The summed E-state index contributed by atoms with van der Waals surface area (Å²) in [5.74, 6) is -0.738. The lowest BCUT2D eigenvalue weighted by Crippen LogP contribution is -2.40. The van der Waals surface area contributed by atoms with E-state index in [4.69, 9.17) is 0 Å². The molecule has 0 spiro atoms. The highest BCUT2D eigenvalue weighted by Crippen LogP contribution is 2.50. The van der Waals surface area contributed by atoms with Gasteiger partial charge in [-0.1, -0.05) is 42.5 Å². The van der Waals surface area contributed by atoms with E-state index < -0.39 is 21.5 Å². The number of aryl methyl sites for hydroxylation is 2. The Bertz CT molecular complexity index is 1400. The second-order valence-electron chi connectivity index (χ2n) is 9.68. The monoisotopic (exact) mass is 572 g/mol. The van der Waals surface area contributed by atoms with E-state index in [0.717, 1.165) is 40.4 Å². The second-order valence-corrected chi connectivity index (χ2v) is 13.4. The summed E-state index contributed by atoms with van der Waals surface area (Å²) < 4.78 is 27.2. The van der Waals surface area contributed by atoms with Crippen molar-refractivity contribution in [2.24, 2.45) is 0 Å². The summed E-state index contributed by atoms with van der Waals surface area (Å²) in [5.41, 5.74) is 1.69. The molecule has 0 radical (unpaired) electrons.